The molecule has 37 heavy (non-hydrogen) atoms. The van der Waals surface area contributed by atoms with Gasteiger partial charge in [-0.1, -0.05) is 54.6 Å². The molecular formula is C33H38O4. The lowest BCUT2D eigenvalue weighted by molar-refractivity contribution is -0.145. The molecule has 0 saturated heterocycles. The van der Waals surface area contributed by atoms with Gasteiger partial charge in [-0.25, -0.2) is 0 Å². The van der Waals surface area contributed by atoms with Crippen LogP contribution in [0.25, 0.3) is 5.57 Å². The third kappa shape index (κ3) is 6.44. The standard InChI is InChI=1S/C33H38O4/c1-34-33(35-2)28-16-12-25(13-17-28)9-8-24-10-14-27(15-11-24)30-20-21-36-32-22-29(18-19-31(30)32)37-23-26-6-4-3-5-7-26/h3-7,10-11,14-15,18-20,22,25,28,33H,8-9,12-13,16-17,21,23H2,1-2H3. The van der Waals surface area contributed by atoms with E-state index in [4.69, 9.17) is 18.9 Å². The Morgan fingerprint density at radius 3 is 2.32 bits per heavy atom. The van der Waals surface area contributed by atoms with Crippen molar-refractivity contribution < 1.29 is 18.9 Å². The number of ether oxygens (including phenoxy) is 4. The minimum absolute atomic E-state index is 0.0495. The number of fused-ring (bicyclic) bond motifs is 1. The highest BCUT2D eigenvalue weighted by atomic mass is 16.7. The molecule has 0 spiro atoms. The van der Waals surface area contributed by atoms with Gasteiger partial charge in [-0.2, -0.15) is 0 Å². The van der Waals surface area contributed by atoms with E-state index in [0.717, 1.165) is 35.0 Å². The Labute approximate surface area is 221 Å². The average Bonchev–Trinajstić information content (AvgIpc) is 2.97. The van der Waals surface area contributed by atoms with Gasteiger partial charge >= 0.3 is 0 Å². The normalized spacial score (nSPS) is 19.2. The molecule has 1 saturated carbocycles. The summed E-state index contributed by atoms with van der Waals surface area (Å²) in [6.45, 7) is 1.12. The largest absolute Gasteiger partial charge is 0.489 e. The fourth-order valence-corrected chi connectivity index (χ4v) is 5.73. The maximum atomic E-state index is 6.01. The third-order valence-corrected chi connectivity index (χ3v) is 7.86. The molecule has 4 nitrogen and oxygen atoms in total. The van der Waals surface area contributed by atoms with E-state index in [0.29, 0.717) is 19.1 Å². The minimum atomic E-state index is -0.0495. The molecule has 5 rings (SSSR count). The van der Waals surface area contributed by atoms with Crippen molar-refractivity contribution in [1.29, 1.82) is 0 Å². The van der Waals surface area contributed by atoms with Crippen molar-refractivity contribution in [2.75, 3.05) is 20.8 Å². The molecule has 0 aromatic heterocycles. The highest BCUT2D eigenvalue weighted by Crippen LogP contribution is 2.37. The first-order chi connectivity index (χ1) is 18.2. The summed E-state index contributed by atoms with van der Waals surface area (Å²) in [5, 5.41) is 0. The van der Waals surface area contributed by atoms with Crippen LogP contribution in [0.2, 0.25) is 0 Å². The van der Waals surface area contributed by atoms with Crippen molar-refractivity contribution in [2.24, 2.45) is 11.8 Å². The summed E-state index contributed by atoms with van der Waals surface area (Å²) in [7, 11) is 3.50. The second kappa shape index (κ2) is 12.4. The number of hydrogen-bond donors (Lipinski definition) is 0. The summed E-state index contributed by atoms with van der Waals surface area (Å²) in [4.78, 5) is 0. The Hall–Kier alpha value is -3.08. The molecule has 0 atom stereocenters. The molecule has 2 aliphatic rings. The van der Waals surface area contributed by atoms with Crippen molar-refractivity contribution in [2.45, 2.75) is 51.4 Å². The van der Waals surface area contributed by atoms with Gasteiger partial charge in [-0.3, -0.25) is 0 Å². The van der Waals surface area contributed by atoms with E-state index in [1.54, 1.807) is 14.2 Å². The van der Waals surface area contributed by atoms with Gasteiger partial charge in [0.25, 0.3) is 0 Å². The first-order valence-corrected chi connectivity index (χ1v) is 13.5. The number of hydrogen-bond acceptors (Lipinski definition) is 4. The van der Waals surface area contributed by atoms with Crippen molar-refractivity contribution in [3.63, 3.8) is 0 Å². The molecule has 1 fully saturated rings. The van der Waals surface area contributed by atoms with E-state index in [2.05, 4.69) is 48.5 Å². The molecule has 0 unspecified atom stereocenters. The van der Waals surface area contributed by atoms with Crippen LogP contribution in [0.4, 0.5) is 0 Å². The van der Waals surface area contributed by atoms with Crippen LogP contribution in [0.3, 0.4) is 0 Å². The maximum absolute atomic E-state index is 6.01. The van der Waals surface area contributed by atoms with E-state index >= 15 is 0 Å². The molecule has 1 aliphatic heterocycles. The fourth-order valence-electron chi connectivity index (χ4n) is 5.73. The van der Waals surface area contributed by atoms with Crippen LogP contribution in [0.5, 0.6) is 11.5 Å². The van der Waals surface area contributed by atoms with Gasteiger partial charge in [0.15, 0.2) is 6.29 Å². The minimum Gasteiger partial charge on any atom is -0.489 e. The molecule has 0 amide bonds. The maximum Gasteiger partial charge on any atom is 0.159 e. The number of benzene rings is 3. The zero-order chi connectivity index (χ0) is 25.5. The van der Waals surface area contributed by atoms with Crippen LogP contribution in [0, 0.1) is 11.8 Å². The molecule has 3 aromatic carbocycles. The van der Waals surface area contributed by atoms with Gasteiger partial charge in [-0.15, -0.1) is 0 Å². The van der Waals surface area contributed by atoms with Crippen molar-refractivity contribution in [3.8, 4) is 11.5 Å². The third-order valence-electron chi connectivity index (χ3n) is 7.86. The van der Waals surface area contributed by atoms with E-state index in [-0.39, 0.29) is 6.29 Å². The predicted octanol–water partition coefficient (Wildman–Crippen LogP) is 7.45. The number of aryl methyl sites for hydroxylation is 1. The van der Waals surface area contributed by atoms with Crippen LogP contribution in [0.15, 0.2) is 78.9 Å². The smallest absolute Gasteiger partial charge is 0.159 e. The quantitative estimate of drug-likeness (QED) is 0.272. The van der Waals surface area contributed by atoms with Crippen molar-refractivity contribution in [3.05, 3.63) is 101 Å². The topological polar surface area (TPSA) is 36.9 Å². The van der Waals surface area contributed by atoms with Gasteiger partial charge in [0.2, 0.25) is 0 Å². The molecule has 0 bridgehead atoms. The monoisotopic (exact) mass is 498 g/mol. The lowest BCUT2D eigenvalue weighted by Gasteiger charge is -2.32. The predicted molar refractivity (Wildman–Crippen MR) is 148 cm³/mol. The Morgan fingerprint density at radius 1 is 0.838 bits per heavy atom. The molecule has 1 heterocycles. The van der Waals surface area contributed by atoms with Crippen molar-refractivity contribution in [1.82, 2.24) is 0 Å². The molecular weight excluding hydrogens is 460 g/mol. The van der Waals surface area contributed by atoms with Gasteiger partial charge in [0.05, 0.1) is 0 Å². The molecule has 0 radical (unpaired) electrons. The first kappa shape index (κ1) is 25.6. The average molecular weight is 499 g/mol. The summed E-state index contributed by atoms with van der Waals surface area (Å²) in [5.74, 6) is 3.04. The first-order valence-electron chi connectivity index (χ1n) is 13.5. The van der Waals surface area contributed by atoms with E-state index < -0.39 is 0 Å². The van der Waals surface area contributed by atoms with E-state index in [1.165, 1.54) is 48.8 Å². The van der Waals surface area contributed by atoms with Gasteiger partial charge < -0.3 is 18.9 Å². The van der Waals surface area contributed by atoms with Crippen LogP contribution >= 0.6 is 0 Å². The lowest BCUT2D eigenvalue weighted by atomic mass is 9.79. The summed E-state index contributed by atoms with van der Waals surface area (Å²) in [5.41, 5.74) is 6.15. The van der Waals surface area contributed by atoms with Gasteiger partial charge in [0, 0.05) is 31.8 Å². The summed E-state index contributed by atoms with van der Waals surface area (Å²) in [6, 6.07) is 25.5. The number of methoxy groups -OCH3 is 2. The summed E-state index contributed by atoms with van der Waals surface area (Å²) in [6.07, 6.45) is 9.45. The number of rotatable bonds is 10. The zero-order valence-electron chi connectivity index (χ0n) is 22.0. The second-order valence-corrected chi connectivity index (χ2v) is 10.2. The lowest BCUT2D eigenvalue weighted by Crippen LogP contribution is -2.29. The van der Waals surface area contributed by atoms with Crippen LogP contribution in [-0.2, 0) is 22.5 Å². The Kier molecular flexibility index (Phi) is 8.60. The SMILES string of the molecule is COC(OC)C1CCC(CCc2ccc(C3=CCOc4cc(OCc5ccccc5)ccc43)cc2)CC1. The molecule has 0 N–H and O–H groups in total. The zero-order valence-corrected chi connectivity index (χ0v) is 22.0. The second-order valence-electron chi connectivity index (χ2n) is 10.2. The van der Waals surface area contributed by atoms with Crippen LogP contribution in [-0.4, -0.2) is 27.1 Å². The van der Waals surface area contributed by atoms with Gasteiger partial charge in [-0.05, 0) is 84.9 Å². The fraction of sp³-hybridized carbons (Fsp3) is 0.394. The molecule has 194 valence electrons. The highest BCUT2D eigenvalue weighted by Gasteiger charge is 2.27. The van der Waals surface area contributed by atoms with Crippen molar-refractivity contribution >= 4 is 5.57 Å². The Morgan fingerprint density at radius 2 is 1.59 bits per heavy atom. The molecule has 4 heteroatoms. The molecule has 3 aromatic rings. The highest BCUT2D eigenvalue weighted by molar-refractivity contribution is 5.84. The summed E-state index contributed by atoms with van der Waals surface area (Å²) >= 11 is 0. The molecule has 1 aliphatic carbocycles. The Balaban J connectivity index is 1.16. The van der Waals surface area contributed by atoms with E-state index in [9.17, 15) is 0 Å². The van der Waals surface area contributed by atoms with E-state index in [1.807, 2.05) is 30.3 Å². The Bertz CT molecular complexity index is 1160. The van der Waals surface area contributed by atoms with Crippen LogP contribution in [0.1, 0.15) is 54.4 Å². The van der Waals surface area contributed by atoms with Crippen LogP contribution < -0.4 is 9.47 Å². The summed E-state index contributed by atoms with van der Waals surface area (Å²) < 4.78 is 22.9. The van der Waals surface area contributed by atoms with Gasteiger partial charge in [0.1, 0.15) is 24.7 Å².